The lowest BCUT2D eigenvalue weighted by Crippen LogP contribution is -2.08. The van der Waals surface area contributed by atoms with E-state index in [9.17, 15) is 4.79 Å². The number of carbonyl (C=O) groups is 1. The Morgan fingerprint density at radius 3 is 2.81 bits per heavy atom. The first-order chi connectivity index (χ1) is 10.2. The van der Waals surface area contributed by atoms with Crippen molar-refractivity contribution >= 4 is 22.7 Å². The zero-order valence-corrected chi connectivity index (χ0v) is 12.0. The van der Waals surface area contributed by atoms with Crippen molar-refractivity contribution < 1.29 is 9.21 Å². The average molecular weight is 280 g/mol. The molecule has 1 N–H and O–H groups in total. The minimum atomic E-state index is -0.0204. The van der Waals surface area contributed by atoms with E-state index in [0.29, 0.717) is 17.9 Å². The first kappa shape index (κ1) is 13.4. The van der Waals surface area contributed by atoms with Crippen LogP contribution in [-0.4, -0.2) is 10.9 Å². The Kier molecular flexibility index (Phi) is 3.44. The number of rotatable bonds is 3. The van der Waals surface area contributed by atoms with Crippen LogP contribution in [0.25, 0.3) is 22.6 Å². The van der Waals surface area contributed by atoms with Gasteiger partial charge in [-0.05, 0) is 30.7 Å². The van der Waals surface area contributed by atoms with E-state index in [1.54, 1.807) is 6.07 Å². The quantitative estimate of drug-likeness (QED) is 0.784. The minimum absolute atomic E-state index is 0.0204. The molecule has 1 amide bonds. The van der Waals surface area contributed by atoms with Crippen LogP contribution in [-0.2, 0) is 4.79 Å². The molecule has 1 heterocycles. The number of hydrogen-bond donors (Lipinski definition) is 1. The van der Waals surface area contributed by atoms with Gasteiger partial charge in [-0.25, -0.2) is 4.98 Å². The summed E-state index contributed by atoms with van der Waals surface area (Å²) in [5.41, 5.74) is 4.27. The van der Waals surface area contributed by atoms with Crippen LogP contribution in [0.2, 0.25) is 0 Å². The van der Waals surface area contributed by atoms with Gasteiger partial charge in [0.2, 0.25) is 11.8 Å². The molecule has 0 unspecified atom stereocenters. The molecule has 3 rings (SSSR count). The first-order valence-corrected chi connectivity index (χ1v) is 6.94. The summed E-state index contributed by atoms with van der Waals surface area (Å²) in [7, 11) is 0. The molecule has 0 saturated carbocycles. The van der Waals surface area contributed by atoms with Crippen LogP contribution in [0.15, 0.2) is 46.9 Å². The molecule has 2 aromatic carbocycles. The molecular weight excluding hydrogens is 264 g/mol. The number of anilines is 1. The number of nitrogens with one attached hydrogen (secondary N) is 1. The highest BCUT2D eigenvalue weighted by molar-refractivity contribution is 5.92. The van der Waals surface area contributed by atoms with Gasteiger partial charge in [-0.1, -0.05) is 25.1 Å². The summed E-state index contributed by atoms with van der Waals surface area (Å²) >= 11 is 0. The summed E-state index contributed by atoms with van der Waals surface area (Å²) in [6, 6.07) is 13.4. The van der Waals surface area contributed by atoms with Crippen LogP contribution in [0.5, 0.6) is 0 Å². The summed E-state index contributed by atoms with van der Waals surface area (Å²) in [5, 5.41) is 2.82. The second kappa shape index (κ2) is 5.40. The predicted molar refractivity (Wildman–Crippen MR) is 83.1 cm³/mol. The van der Waals surface area contributed by atoms with Gasteiger partial charge in [0.1, 0.15) is 5.52 Å². The molecule has 0 aliphatic rings. The number of carbonyl (C=O) groups excluding carboxylic acids is 1. The van der Waals surface area contributed by atoms with E-state index in [2.05, 4.69) is 10.3 Å². The van der Waals surface area contributed by atoms with Crippen molar-refractivity contribution in [2.45, 2.75) is 20.3 Å². The van der Waals surface area contributed by atoms with Gasteiger partial charge in [0.05, 0.1) is 0 Å². The molecule has 21 heavy (non-hydrogen) atoms. The highest BCUT2D eigenvalue weighted by Gasteiger charge is 2.11. The van der Waals surface area contributed by atoms with E-state index in [4.69, 9.17) is 4.42 Å². The molecule has 0 bridgehead atoms. The van der Waals surface area contributed by atoms with Crippen molar-refractivity contribution in [3.05, 3.63) is 48.0 Å². The summed E-state index contributed by atoms with van der Waals surface area (Å²) in [5.74, 6) is 0.579. The Bertz CT molecular complexity index is 805. The van der Waals surface area contributed by atoms with Gasteiger partial charge >= 0.3 is 0 Å². The van der Waals surface area contributed by atoms with Gasteiger partial charge in [-0.3, -0.25) is 4.79 Å². The standard InChI is InChI=1S/C17H16N2O2/c1-3-16(20)18-12-8-9-14-15(10-12)21-17(19-14)13-7-5-4-6-11(13)2/h4-10H,3H2,1-2H3,(H,18,20). The normalized spacial score (nSPS) is 10.8. The molecule has 0 radical (unpaired) electrons. The molecule has 4 nitrogen and oxygen atoms in total. The van der Waals surface area contributed by atoms with E-state index in [-0.39, 0.29) is 5.91 Å². The Morgan fingerprint density at radius 1 is 1.24 bits per heavy atom. The van der Waals surface area contributed by atoms with Gasteiger partial charge in [0, 0.05) is 23.7 Å². The highest BCUT2D eigenvalue weighted by atomic mass is 16.3. The molecule has 0 atom stereocenters. The van der Waals surface area contributed by atoms with Crippen LogP contribution in [0.1, 0.15) is 18.9 Å². The number of hydrogen-bond acceptors (Lipinski definition) is 3. The summed E-state index contributed by atoms with van der Waals surface area (Å²) in [4.78, 5) is 15.9. The minimum Gasteiger partial charge on any atom is -0.436 e. The number of aryl methyl sites for hydroxylation is 1. The van der Waals surface area contributed by atoms with Gasteiger partial charge in [0.15, 0.2) is 5.58 Å². The third kappa shape index (κ3) is 2.65. The Labute approximate surface area is 122 Å². The SMILES string of the molecule is CCC(=O)Nc1ccc2nc(-c3ccccc3C)oc2c1. The third-order valence-electron chi connectivity index (χ3n) is 3.37. The second-order valence-electron chi connectivity index (χ2n) is 4.92. The van der Waals surface area contributed by atoms with Gasteiger partial charge in [-0.2, -0.15) is 0 Å². The average Bonchev–Trinajstić information content (AvgIpc) is 2.90. The first-order valence-electron chi connectivity index (χ1n) is 6.94. The third-order valence-corrected chi connectivity index (χ3v) is 3.37. The van der Waals surface area contributed by atoms with Gasteiger partial charge < -0.3 is 9.73 Å². The maximum absolute atomic E-state index is 11.4. The van der Waals surface area contributed by atoms with E-state index in [1.165, 1.54) is 0 Å². The van der Waals surface area contributed by atoms with Crippen molar-refractivity contribution in [2.75, 3.05) is 5.32 Å². The smallest absolute Gasteiger partial charge is 0.227 e. The fraction of sp³-hybridized carbons (Fsp3) is 0.176. The van der Waals surface area contributed by atoms with Crippen LogP contribution < -0.4 is 5.32 Å². The lowest BCUT2D eigenvalue weighted by molar-refractivity contribution is -0.115. The molecule has 0 spiro atoms. The lowest BCUT2D eigenvalue weighted by Gasteiger charge is -2.01. The number of oxazole rings is 1. The fourth-order valence-corrected chi connectivity index (χ4v) is 2.18. The van der Waals surface area contributed by atoms with E-state index in [0.717, 1.165) is 22.3 Å². The predicted octanol–water partition coefficient (Wildman–Crippen LogP) is 4.15. The van der Waals surface area contributed by atoms with E-state index >= 15 is 0 Å². The molecule has 0 fully saturated rings. The maximum atomic E-state index is 11.4. The number of nitrogens with zero attached hydrogens (tertiary/aromatic N) is 1. The number of amides is 1. The van der Waals surface area contributed by atoms with Crippen molar-refractivity contribution in [1.82, 2.24) is 4.98 Å². The van der Waals surface area contributed by atoms with Crippen molar-refractivity contribution in [1.29, 1.82) is 0 Å². The topological polar surface area (TPSA) is 55.1 Å². The number of benzene rings is 2. The van der Waals surface area contributed by atoms with Crippen molar-refractivity contribution in [2.24, 2.45) is 0 Å². The molecule has 0 saturated heterocycles. The monoisotopic (exact) mass is 280 g/mol. The van der Waals surface area contributed by atoms with Crippen LogP contribution in [0.3, 0.4) is 0 Å². The van der Waals surface area contributed by atoms with Crippen LogP contribution >= 0.6 is 0 Å². The Balaban J connectivity index is 2.01. The highest BCUT2D eigenvalue weighted by Crippen LogP contribution is 2.28. The van der Waals surface area contributed by atoms with Crippen LogP contribution in [0.4, 0.5) is 5.69 Å². The van der Waals surface area contributed by atoms with E-state index in [1.807, 2.05) is 50.2 Å². The second-order valence-corrected chi connectivity index (χ2v) is 4.92. The number of aromatic nitrogens is 1. The van der Waals surface area contributed by atoms with Gasteiger partial charge in [0.25, 0.3) is 0 Å². The molecule has 4 heteroatoms. The largest absolute Gasteiger partial charge is 0.436 e. The van der Waals surface area contributed by atoms with Gasteiger partial charge in [-0.15, -0.1) is 0 Å². The molecule has 0 aliphatic carbocycles. The zero-order valence-electron chi connectivity index (χ0n) is 12.0. The maximum Gasteiger partial charge on any atom is 0.227 e. The summed E-state index contributed by atoms with van der Waals surface area (Å²) in [6.07, 6.45) is 0.447. The Morgan fingerprint density at radius 2 is 2.05 bits per heavy atom. The molecular formula is C17H16N2O2. The zero-order chi connectivity index (χ0) is 14.8. The van der Waals surface area contributed by atoms with Crippen molar-refractivity contribution in [3.8, 4) is 11.5 Å². The lowest BCUT2D eigenvalue weighted by atomic mass is 10.1. The summed E-state index contributed by atoms with van der Waals surface area (Å²) < 4.78 is 5.83. The molecule has 3 aromatic rings. The Hall–Kier alpha value is -2.62. The van der Waals surface area contributed by atoms with Crippen molar-refractivity contribution in [3.63, 3.8) is 0 Å². The molecule has 0 aliphatic heterocycles. The number of fused-ring (bicyclic) bond motifs is 1. The summed E-state index contributed by atoms with van der Waals surface area (Å²) in [6.45, 7) is 3.84. The van der Waals surface area contributed by atoms with Crippen LogP contribution in [0, 0.1) is 6.92 Å². The van der Waals surface area contributed by atoms with E-state index < -0.39 is 0 Å². The fourth-order valence-electron chi connectivity index (χ4n) is 2.18. The molecule has 106 valence electrons. The molecule has 1 aromatic heterocycles.